The van der Waals surface area contributed by atoms with Crippen molar-refractivity contribution in [1.82, 2.24) is 5.32 Å². The van der Waals surface area contributed by atoms with Crippen molar-refractivity contribution in [3.05, 3.63) is 57.8 Å². The number of methoxy groups -OCH3 is 1. The zero-order valence-corrected chi connectivity index (χ0v) is 17.3. The summed E-state index contributed by atoms with van der Waals surface area (Å²) in [4.78, 5) is 0. The van der Waals surface area contributed by atoms with E-state index in [-0.39, 0.29) is 30.4 Å². The third-order valence-electron chi connectivity index (χ3n) is 3.44. The molecule has 0 unspecified atom stereocenters. The van der Waals surface area contributed by atoms with Crippen LogP contribution >= 0.6 is 28.3 Å². The van der Waals surface area contributed by atoms with Crippen molar-refractivity contribution in [2.75, 3.05) is 7.11 Å². The fraction of sp³-hybridized carbons (Fsp3) is 0.368. The van der Waals surface area contributed by atoms with Crippen molar-refractivity contribution in [3.63, 3.8) is 0 Å². The Morgan fingerprint density at radius 3 is 2.44 bits per heavy atom. The minimum atomic E-state index is -0.279. The number of hydrogen-bond donors (Lipinski definition) is 1. The monoisotopic (exact) mass is 431 g/mol. The Labute approximate surface area is 163 Å². The third kappa shape index (κ3) is 6.49. The number of ether oxygens (including phenoxy) is 2. The Morgan fingerprint density at radius 2 is 1.84 bits per heavy atom. The summed E-state index contributed by atoms with van der Waals surface area (Å²) in [7, 11) is 1.60. The van der Waals surface area contributed by atoms with E-state index >= 15 is 0 Å². The normalized spacial score (nSPS) is 11.0. The summed E-state index contributed by atoms with van der Waals surface area (Å²) in [6.45, 7) is 7.20. The van der Waals surface area contributed by atoms with Crippen LogP contribution in [0.25, 0.3) is 0 Å². The third-order valence-corrected chi connectivity index (χ3v) is 4.03. The second-order valence-electron chi connectivity index (χ2n) is 6.59. The maximum Gasteiger partial charge on any atom is 0.175 e. The predicted molar refractivity (Wildman–Crippen MR) is 105 cm³/mol. The fourth-order valence-corrected chi connectivity index (χ4v) is 2.75. The molecule has 2 aromatic rings. The maximum absolute atomic E-state index is 13.7. The molecule has 6 heteroatoms. The van der Waals surface area contributed by atoms with Gasteiger partial charge in [-0.1, -0.05) is 18.2 Å². The van der Waals surface area contributed by atoms with Gasteiger partial charge in [-0.2, -0.15) is 0 Å². The highest BCUT2D eigenvalue weighted by atomic mass is 79.9. The molecule has 0 aliphatic carbocycles. The van der Waals surface area contributed by atoms with Crippen molar-refractivity contribution in [2.45, 2.75) is 39.5 Å². The van der Waals surface area contributed by atoms with Gasteiger partial charge >= 0.3 is 0 Å². The lowest BCUT2D eigenvalue weighted by Crippen LogP contribution is -2.35. The van der Waals surface area contributed by atoms with Gasteiger partial charge in [0.15, 0.2) is 11.5 Å². The molecule has 0 spiro atoms. The molecule has 3 nitrogen and oxygen atoms in total. The van der Waals surface area contributed by atoms with Crippen molar-refractivity contribution >= 4 is 28.3 Å². The molecular formula is C19H24BrClFNO2. The predicted octanol–water partition coefficient (Wildman–Crippen LogP) is 5.49. The average molecular weight is 433 g/mol. The summed E-state index contributed by atoms with van der Waals surface area (Å²) in [6.07, 6.45) is 0. The van der Waals surface area contributed by atoms with Gasteiger partial charge in [-0.25, -0.2) is 4.39 Å². The Kier molecular flexibility index (Phi) is 8.19. The van der Waals surface area contributed by atoms with Gasteiger partial charge in [-0.3, -0.25) is 0 Å². The molecule has 0 amide bonds. The van der Waals surface area contributed by atoms with E-state index in [0.29, 0.717) is 23.6 Å². The first-order valence-corrected chi connectivity index (χ1v) is 8.57. The molecule has 0 atom stereocenters. The van der Waals surface area contributed by atoms with E-state index in [1.165, 1.54) is 6.07 Å². The molecule has 2 rings (SSSR count). The Balaban J connectivity index is 0.00000312. The van der Waals surface area contributed by atoms with Crippen LogP contribution < -0.4 is 14.8 Å². The molecular weight excluding hydrogens is 409 g/mol. The van der Waals surface area contributed by atoms with Gasteiger partial charge in [-0.05, 0) is 60.5 Å². The topological polar surface area (TPSA) is 30.5 Å². The van der Waals surface area contributed by atoms with E-state index in [0.717, 1.165) is 10.0 Å². The lowest BCUT2D eigenvalue weighted by Gasteiger charge is -2.21. The highest BCUT2D eigenvalue weighted by Crippen LogP contribution is 2.37. The van der Waals surface area contributed by atoms with E-state index in [1.807, 2.05) is 12.1 Å². The van der Waals surface area contributed by atoms with Crippen molar-refractivity contribution in [1.29, 1.82) is 0 Å². The summed E-state index contributed by atoms with van der Waals surface area (Å²) in [6, 6.07) is 10.5. The van der Waals surface area contributed by atoms with Gasteiger partial charge in [0.05, 0.1) is 11.6 Å². The van der Waals surface area contributed by atoms with E-state index in [9.17, 15) is 4.39 Å². The van der Waals surface area contributed by atoms with Crippen molar-refractivity contribution < 1.29 is 13.9 Å². The van der Waals surface area contributed by atoms with Crippen molar-refractivity contribution in [3.8, 4) is 11.5 Å². The molecule has 2 aromatic carbocycles. The lowest BCUT2D eigenvalue weighted by atomic mass is 10.1. The summed E-state index contributed by atoms with van der Waals surface area (Å²) in [5, 5.41) is 3.43. The molecule has 0 aromatic heterocycles. The number of nitrogens with one attached hydrogen (secondary N) is 1. The Morgan fingerprint density at radius 1 is 1.16 bits per heavy atom. The largest absolute Gasteiger partial charge is 0.493 e. The van der Waals surface area contributed by atoms with Crippen LogP contribution in [0.4, 0.5) is 4.39 Å². The van der Waals surface area contributed by atoms with Gasteiger partial charge < -0.3 is 14.8 Å². The van der Waals surface area contributed by atoms with Gasteiger partial charge in [0.25, 0.3) is 0 Å². The van der Waals surface area contributed by atoms with Gasteiger partial charge in [-0.15, -0.1) is 12.4 Å². The molecule has 0 bridgehead atoms. The minimum Gasteiger partial charge on any atom is -0.493 e. The highest BCUT2D eigenvalue weighted by Gasteiger charge is 2.15. The standard InChI is InChI=1S/C19H23BrFNO2.ClH/c1-19(2,3)22-11-13-9-15(20)18(17(10-13)23-4)24-12-14-7-5-6-8-16(14)21;/h5-10,22H,11-12H2,1-4H3;1H. The lowest BCUT2D eigenvalue weighted by molar-refractivity contribution is 0.277. The SMILES string of the molecule is COc1cc(CNC(C)(C)C)cc(Br)c1OCc1ccccc1F.Cl. The van der Waals surface area contributed by atoms with E-state index < -0.39 is 0 Å². The molecule has 0 aliphatic heterocycles. The van der Waals surface area contributed by atoms with Crippen LogP contribution in [0.5, 0.6) is 11.5 Å². The summed E-state index contributed by atoms with van der Waals surface area (Å²) in [5.74, 6) is 0.908. The maximum atomic E-state index is 13.7. The summed E-state index contributed by atoms with van der Waals surface area (Å²) < 4.78 is 25.7. The zero-order chi connectivity index (χ0) is 17.7. The Bertz CT molecular complexity index is 704. The van der Waals surface area contributed by atoms with E-state index in [2.05, 4.69) is 42.0 Å². The van der Waals surface area contributed by atoms with Crippen LogP contribution in [-0.4, -0.2) is 12.6 Å². The molecule has 0 fully saturated rings. The van der Waals surface area contributed by atoms with Gasteiger partial charge in [0.2, 0.25) is 0 Å². The first-order valence-electron chi connectivity index (χ1n) is 7.78. The smallest absolute Gasteiger partial charge is 0.175 e. The van der Waals surface area contributed by atoms with Crippen LogP contribution in [0.1, 0.15) is 31.9 Å². The van der Waals surface area contributed by atoms with E-state index in [4.69, 9.17) is 9.47 Å². The van der Waals surface area contributed by atoms with Crippen LogP contribution in [0.3, 0.4) is 0 Å². The molecule has 25 heavy (non-hydrogen) atoms. The quantitative estimate of drug-likeness (QED) is 0.655. The summed E-state index contributed by atoms with van der Waals surface area (Å²) >= 11 is 3.52. The van der Waals surface area contributed by atoms with Crippen LogP contribution in [0.2, 0.25) is 0 Å². The van der Waals surface area contributed by atoms with Gasteiger partial charge in [0, 0.05) is 17.6 Å². The van der Waals surface area contributed by atoms with E-state index in [1.54, 1.807) is 25.3 Å². The highest BCUT2D eigenvalue weighted by molar-refractivity contribution is 9.10. The molecule has 0 radical (unpaired) electrons. The van der Waals surface area contributed by atoms with Gasteiger partial charge in [0.1, 0.15) is 12.4 Å². The van der Waals surface area contributed by atoms with Crippen LogP contribution in [0.15, 0.2) is 40.9 Å². The van der Waals surface area contributed by atoms with Crippen LogP contribution in [-0.2, 0) is 13.2 Å². The molecule has 138 valence electrons. The summed E-state index contributed by atoms with van der Waals surface area (Å²) in [5.41, 5.74) is 1.61. The molecule has 0 heterocycles. The first kappa shape index (κ1) is 21.7. The molecule has 0 saturated carbocycles. The fourth-order valence-electron chi connectivity index (χ4n) is 2.15. The average Bonchev–Trinajstić information content (AvgIpc) is 2.52. The second-order valence-corrected chi connectivity index (χ2v) is 7.45. The second kappa shape index (κ2) is 9.41. The van der Waals surface area contributed by atoms with Crippen LogP contribution in [0, 0.1) is 5.82 Å². The molecule has 0 saturated heterocycles. The number of halogens is 3. The van der Waals surface area contributed by atoms with Crippen molar-refractivity contribution in [2.24, 2.45) is 0 Å². The first-order chi connectivity index (χ1) is 11.3. The number of benzene rings is 2. The number of hydrogen-bond acceptors (Lipinski definition) is 3. The zero-order valence-electron chi connectivity index (χ0n) is 14.9. The molecule has 1 N–H and O–H groups in total. The number of rotatable bonds is 6. The molecule has 0 aliphatic rings. The minimum absolute atomic E-state index is 0. The Hall–Kier alpha value is -1.30.